The van der Waals surface area contributed by atoms with Gasteiger partial charge in [-0.1, -0.05) is 31.2 Å². The molecule has 1 aliphatic heterocycles. The molecule has 2 aromatic rings. The Balaban J connectivity index is 1.58. The fraction of sp³-hybridized carbons (Fsp3) is 0.381. The maximum atomic E-state index is 12.2. The molecular formula is C21H27N3O. The molecule has 1 amide bonds. The highest BCUT2D eigenvalue weighted by atomic mass is 16.1. The summed E-state index contributed by atoms with van der Waals surface area (Å²) in [5, 5.41) is 2.98. The van der Waals surface area contributed by atoms with E-state index in [2.05, 4.69) is 65.5 Å². The van der Waals surface area contributed by atoms with Crippen LogP contribution in [0.25, 0.3) is 0 Å². The fourth-order valence-corrected chi connectivity index (χ4v) is 3.16. The molecule has 4 nitrogen and oxygen atoms in total. The Bertz CT molecular complexity index is 711. The van der Waals surface area contributed by atoms with Gasteiger partial charge in [-0.2, -0.15) is 0 Å². The standard InChI is InChI=1S/C21H27N3O/c1-3-23(2)15-13-22-21(25)18-8-10-20(11-9-18)24-14-12-17-6-4-5-7-19(17)16-24/h4-11H,3,12-16H2,1-2H3,(H,22,25). The van der Waals surface area contributed by atoms with Crippen LogP contribution in [0.4, 0.5) is 5.69 Å². The van der Waals surface area contributed by atoms with Crippen LogP contribution in [0.15, 0.2) is 48.5 Å². The SMILES string of the molecule is CCN(C)CCNC(=O)c1ccc(N2CCc3ccccc3C2)cc1. The lowest BCUT2D eigenvalue weighted by Gasteiger charge is -2.30. The minimum absolute atomic E-state index is 0.0000397. The van der Waals surface area contributed by atoms with Crippen molar-refractivity contribution in [3.8, 4) is 0 Å². The third kappa shape index (κ3) is 4.40. The molecule has 0 bridgehead atoms. The highest BCUT2D eigenvalue weighted by Gasteiger charge is 2.16. The molecule has 0 unspecified atom stereocenters. The summed E-state index contributed by atoms with van der Waals surface area (Å²) in [4.78, 5) is 16.8. The summed E-state index contributed by atoms with van der Waals surface area (Å²) in [6.45, 7) is 6.60. The third-order valence-corrected chi connectivity index (χ3v) is 4.94. The molecule has 0 saturated carbocycles. The van der Waals surface area contributed by atoms with Crippen molar-refractivity contribution in [2.24, 2.45) is 0 Å². The Kier molecular flexibility index (Phi) is 5.71. The number of nitrogens with zero attached hydrogens (tertiary/aromatic N) is 2. The lowest BCUT2D eigenvalue weighted by atomic mass is 9.99. The number of hydrogen-bond donors (Lipinski definition) is 1. The van der Waals surface area contributed by atoms with Crippen LogP contribution in [-0.2, 0) is 13.0 Å². The predicted molar refractivity (Wildman–Crippen MR) is 103 cm³/mol. The van der Waals surface area contributed by atoms with Gasteiger partial charge >= 0.3 is 0 Å². The van der Waals surface area contributed by atoms with Gasteiger partial charge in [-0.25, -0.2) is 0 Å². The van der Waals surface area contributed by atoms with Crippen molar-refractivity contribution in [2.45, 2.75) is 19.9 Å². The van der Waals surface area contributed by atoms with E-state index in [1.54, 1.807) is 0 Å². The van der Waals surface area contributed by atoms with Crippen molar-refractivity contribution in [3.63, 3.8) is 0 Å². The number of nitrogens with one attached hydrogen (secondary N) is 1. The first-order valence-electron chi connectivity index (χ1n) is 9.06. The predicted octanol–water partition coefficient (Wildman–Crippen LogP) is 2.93. The summed E-state index contributed by atoms with van der Waals surface area (Å²) < 4.78 is 0. The van der Waals surface area contributed by atoms with Gasteiger partial charge in [0.05, 0.1) is 0 Å². The number of likely N-dealkylation sites (N-methyl/N-ethyl adjacent to an activating group) is 1. The normalized spacial score (nSPS) is 13.6. The Morgan fingerprint density at radius 1 is 1.12 bits per heavy atom. The molecule has 0 aliphatic carbocycles. The molecule has 0 spiro atoms. The summed E-state index contributed by atoms with van der Waals surface area (Å²) in [6.07, 6.45) is 1.07. The largest absolute Gasteiger partial charge is 0.367 e. The fourth-order valence-electron chi connectivity index (χ4n) is 3.16. The molecule has 4 heteroatoms. The van der Waals surface area contributed by atoms with Crippen LogP contribution in [0.3, 0.4) is 0 Å². The molecule has 0 radical (unpaired) electrons. The van der Waals surface area contributed by atoms with E-state index >= 15 is 0 Å². The van der Waals surface area contributed by atoms with Crippen LogP contribution >= 0.6 is 0 Å². The number of benzene rings is 2. The molecular weight excluding hydrogens is 310 g/mol. The third-order valence-electron chi connectivity index (χ3n) is 4.94. The zero-order chi connectivity index (χ0) is 17.6. The highest BCUT2D eigenvalue weighted by molar-refractivity contribution is 5.94. The zero-order valence-corrected chi connectivity index (χ0v) is 15.2. The first kappa shape index (κ1) is 17.5. The lowest BCUT2D eigenvalue weighted by Crippen LogP contribution is -2.33. The summed E-state index contributed by atoms with van der Waals surface area (Å²) in [5.74, 6) is 0.0000397. The summed E-state index contributed by atoms with van der Waals surface area (Å²) in [6, 6.07) is 16.6. The number of anilines is 1. The number of amides is 1. The first-order valence-corrected chi connectivity index (χ1v) is 9.06. The average Bonchev–Trinajstić information content (AvgIpc) is 2.67. The van der Waals surface area contributed by atoms with Crippen LogP contribution in [-0.4, -0.2) is 44.0 Å². The molecule has 0 saturated heterocycles. The number of fused-ring (bicyclic) bond motifs is 1. The zero-order valence-electron chi connectivity index (χ0n) is 15.2. The van der Waals surface area contributed by atoms with Crippen molar-refractivity contribution >= 4 is 11.6 Å². The van der Waals surface area contributed by atoms with Gasteiger partial charge in [0.2, 0.25) is 0 Å². The second-order valence-electron chi connectivity index (χ2n) is 6.64. The second-order valence-corrected chi connectivity index (χ2v) is 6.64. The molecule has 1 aliphatic rings. The van der Waals surface area contributed by atoms with E-state index in [1.165, 1.54) is 16.8 Å². The lowest BCUT2D eigenvalue weighted by molar-refractivity contribution is 0.0950. The van der Waals surface area contributed by atoms with E-state index < -0.39 is 0 Å². The molecule has 0 aromatic heterocycles. The Labute approximate surface area is 150 Å². The van der Waals surface area contributed by atoms with Gasteiger partial charge in [-0.05, 0) is 55.4 Å². The van der Waals surface area contributed by atoms with E-state index in [1.807, 2.05) is 12.1 Å². The van der Waals surface area contributed by atoms with Crippen molar-refractivity contribution < 1.29 is 4.79 Å². The van der Waals surface area contributed by atoms with Gasteiger partial charge in [0, 0.05) is 37.4 Å². The molecule has 1 heterocycles. The van der Waals surface area contributed by atoms with Gasteiger partial charge in [-0.3, -0.25) is 4.79 Å². The molecule has 0 fully saturated rings. The molecule has 2 aromatic carbocycles. The molecule has 3 rings (SSSR count). The smallest absolute Gasteiger partial charge is 0.251 e. The Morgan fingerprint density at radius 2 is 1.84 bits per heavy atom. The van der Waals surface area contributed by atoms with Crippen LogP contribution in [0.1, 0.15) is 28.4 Å². The summed E-state index contributed by atoms with van der Waals surface area (Å²) in [5.41, 5.74) is 4.75. The summed E-state index contributed by atoms with van der Waals surface area (Å²) in [7, 11) is 2.05. The van der Waals surface area contributed by atoms with Crippen LogP contribution in [0, 0.1) is 0 Å². The van der Waals surface area contributed by atoms with Crippen LogP contribution in [0.2, 0.25) is 0 Å². The molecule has 25 heavy (non-hydrogen) atoms. The Hall–Kier alpha value is -2.33. The number of carbonyl (C=O) groups is 1. The number of rotatable bonds is 6. The van der Waals surface area contributed by atoms with Gasteiger partial charge in [0.25, 0.3) is 5.91 Å². The van der Waals surface area contributed by atoms with E-state index in [0.29, 0.717) is 6.54 Å². The second kappa shape index (κ2) is 8.17. The van der Waals surface area contributed by atoms with E-state index in [9.17, 15) is 4.79 Å². The highest BCUT2D eigenvalue weighted by Crippen LogP contribution is 2.24. The van der Waals surface area contributed by atoms with Gasteiger partial charge in [-0.15, -0.1) is 0 Å². The van der Waals surface area contributed by atoms with Gasteiger partial charge in [0.15, 0.2) is 0 Å². The average molecular weight is 337 g/mol. The quantitative estimate of drug-likeness (QED) is 0.880. The Morgan fingerprint density at radius 3 is 2.56 bits per heavy atom. The first-order chi connectivity index (χ1) is 12.2. The number of carbonyl (C=O) groups excluding carboxylic acids is 1. The molecule has 1 N–H and O–H groups in total. The topological polar surface area (TPSA) is 35.6 Å². The number of hydrogen-bond acceptors (Lipinski definition) is 3. The van der Waals surface area contributed by atoms with Crippen LogP contribution < -0.4 is 10.2 Å². The maximum Gasteiger partial charge on any atom is 0.251 e. The van der Waals surface area contributed by atoms with Crippen molar-refractivity contribution in [3.05, 3.63) is 65.2 Å². The minimum Gasteiger partial charge on any atom is -0.367 e. The van der Waals surface area contributed by atoms with Crippen molar-refractivity contribution in [1.82, 2.24) is 10.2 Å². The monoisotopic (exact) mass is 337 g/mol. The van der Waals surface area contributed by atoms with Crippen LogP contribution in [0.5, 0.6) is 0 Å². The van der Waals surface area contributed by atoms with Gasteiger partial charge < -0.3 is 15.1 Å². The minimum atomic E-state index is 0.0000397. The maximum absolute atomic E-state index is 12.2. The molecule has 0 atom stereocenters. The van der Waals surface area contributed by atoms with Gasteiger partial charge in [0.1, 0.15) is 0 Å². The van der Waals surface area contributed by atoms with E-state index in [-0.39, 0.29) is 5.91 Å². The van der Waals surface area contributed by atoms with Crippen molar-refractivity contribution in [1.29, 1.82) is 0 Å². The molecule has 132 valence electrons. The van der Waals surface area contributed by atoms with E-state index in [0.717, 1.165) is 38.2 Å². The van der Waals surface area contributed by atoms with E-state index in [4.69, 9.17) is 0 Å². The van der Waals surface area contributed by atoms with Crippen molar-refractivity contribution in [2.75, 3.05) is 38.1 Å². The summed E-state index contributed by atoms with van der Waals surface area (Å²) >= 11 is 0.